The molecule has 5 heteroatoms. The summed E-state index contributed by atoms with van der Waals surface area (Å²) in [6.07, 6.45) is 0.625. The van der Waals surface area contributed by atoms with Crippen LogP contribution in [0.4, 0.5) is 5.69 Å². The Morgan fingerprint density at radius 1 is 1.53 bits per heavy atom. The van der Waals surface area contributed by atoms with Gasteiger partial charge in [0.25, 0.3) is 0 Å². The second kappa shape index (κ2) is 4.95. The van der Waals surface area contributed by atoms with Crippen LogP contribution in [0.1, 0.15) is 36.2 Å². The molecule has 0 bridgehead atoms. The quantitative estimate of drug-likeness (QED) is 0.496. The van der Waals surface area contributed by atoms with Gasteiger partial charge in [0.15, 0.2) is 5.78 Å². The number of carbonyl (C=O) groups excluding carboxylic acids is 1. The zero-order chi connectivity index (χ0) is 13.2. The topological polar surface area (TPSA) is 80.4 Å². The molecule has 0 saturated carbocycles. The number of phenolic OH excluding ortho intramolecular Hbond substituents is 1. The van der Waals surface area contributed by atoms with Gasteiger partial charge in [-0.3, -0.25) is 14.9 Å². The Morgan fingerprint density at radius 3 is 2.59 bits per heavy atom. The molecule has 1 atom stereocenters. The number of phenols is 1. The maximum Gasteiger partial charge on any atom is 0.311 e. The van der Waals surface area contributed by atoms with Crippen molar-refractivity contribution in [2.24, 2.45) is 5.92 Å². The predicted octanol–water partition coefficient (Wildman–Crippen LogP) is 2.84. The van der Waals surface area contributed by atoms with Crippen molar-refractivity contribution in [1.82, 2.24) is 0 Å². The van der Waals surface area contributed by atoms with Gasteiger partial charge in [0.1, 0.15) is 0 Å². The van der Waals surface area contributed by atoms with Crippen molar-refractivity contribution in [3.8, 4) is 5.75 Å². The standard InChI is InChI=1S/C12H15NO4/c1-4-8(3)11(14)9-5-7(2)6-10(12(9)15)13(16)17/h5-6,8,15H,4H2,1-3H3. The Kier molecular flexibility index (Phi) is 3.83. The van der Waals surface area contributed by atoms with Crippen molar-refractivity contribution in [2.45, 2.75) is 27.2 Å². The number of nitro benzene ring substituents is 1. The van der Waals surface area contributed by atoms with Crippen LogP contribution in [0.15, 0.2) is 12.1 Å². The Hall–Kier alpha value is -1.91. The molecule has 1 unspecified atom stereocenters. The van der Waals surface area contributed by atoms with Crippen molar-refractivity contribution in [2.75, 3.05) is 0 Å². The highest BCUT2D eigenvalue weighted by atomic mass is 16.6. The molecule has 0 aliphatic heterocycles. The summed E-state index contributed by atoms with van der Waals surface area (Å²) < 4.78 is 0. The highest BCUT2D eigenvalue weighted by molar-refractivity contribution is 6.01. The number of aryl methyl sites for hydroxylation is 1. The molecular weight excluding hydrogens is 222 g/mol. The lowest BCUT2D eigenvalue weighted by Crippen LogP contribution is -2.11. The smallest absolute Gasteiger partial charge is 0.311 e. The predicted molar refractivity (Wildman–Crippen MR) is 63.3 cm³/mol. The number of rotatable bonds is 4. The highest BCUT2D eigenvalue weighted by Gasteiger charge is 2.24. The zero-order valence-electron chi connectivity index (χ0n) is 10.1. The Labute approximate surface area is 99.2 Å². The summed E-state index contributed by atoms with van der Waals surface area (Å²) >= 11 is 0. The number of Topliss-reactive ketones (excluding diaryl/α,β-unsaturated/α-hetero) is 1. The Bertz CT molecular complexity index is 468. The molecule has 17 heavy (non-hydrogen) atoms. The van der Waals surface area contributed by atoms with Crippen LogP contribution in [0.5, 0.6) is 5.75 Å². The van der Waals surface area contributed by atoms with E-state index >= 15 is 0 Å². The van der Waals surface area contributed by atoms with E-state index in [0.29, 0.717) is 12.0 Å². The monoisotopic (exact) mass is 237 g/mol. The molecule has 1 N–H and O–H groups in total. The lowest BCUT2D eigenvalue weighted by Gasteiger charge is -2.10. The van der Waals surface area contributed by atoms with E-state index in [2.05, 4.69) is 0 Å². The molecule has 0 aliphatic carbocycles. The lowest BCUT2D eigenvalue weighted by atomic mass is 9.95. The minimum absolute atomic E-state index is 0.0334. The number of nitro groups is 1. The van der Waals surface area contributed by atoms with E-state index in [1.165, 1.54) is 12.1 Å². The third kappa shape index (κ3) is 2.61. The minimum atomic E-state index is -0.685. The van der Waals surface area contributed by atoms with Crippen LogP contribution >= 0.6 is 0 Å². The summed E-state index contributed by atoms with van der Waals surface area (Å²) in [7, 11) is 0. The number of hydrogen-bond acceptors (Lipinski definition) is 4. The minimum Gasteiger partial charge on any atom is -0.502 e. The van der Waals surface area contributed by atoms with Gasteiger partial charge in [0, 0.05) is 12.0 Å². The van der Waals surface area contributed by atoms with E-state index in [9.17, 15) is 20.0 Å². The fourth-order valence-corrected chi connectivity index (χ4v) is 1.54. The Balaban J connectivity index is 3.34. The molecule has 0 fully saturated rings. The summed E-state index contributed by atoms with van der Waals surface area (Å²) in [5.74, 6) is -1.06. The van der Waals surface area contributed by atoms with Crippen LogP contribution in [-0.4, -0.2) is 15.8 Å². The molecule has 0 heterocycles. The number of carbonyl (C=O) groups is 1. The van der Waals surface area contributed by atoms with Gasteiger partial charge >= 0.3 is 5.69 Å². The molecule has 92 valence electrons. The van der Waals surface area contributed by atoms with Crippen LogP contribution in [0.3, 0.4) is 0 Å². The summed E-state index contributed by atoms with van der Waals surface area (Å²) in [6, 6.07) is 2.74. The third-order valence-corrected chi connectivity index (χ3v) is 2.76. The van der Waals surface area contributed by atoms with Crippen LogP contribution in [-0.2, 0) is 0 Å². The van der Waals surface area contributed by atoms with Gasteiger partial charge in [-0.15, -0.1) is 0 Å². The molecule has 0 amide bonds. The van der Waals surface area contributed by atoms with E-state index in [0.717, 1.165) is 0 Å². The van der Waals surface area contributed by atoms with E-state index < -0.39 is 16.4 Å². The first kappa shape index (κ1) is 13.2. The lowest BCUT2D eigenvalue weighted by molar-refractivity contribution is -0.385. The fraction of sp³-hybridized carbons (Fsp3) is 0.417. The van der Waals surface area contributed by atoms with E-state index in [1.54, 1.807) is 13.8 Å². The molecule has 0 aromatic heterocycles. The van der Waals surface area contributed by atoms with E-state index in [-0.39, 0.29) is 17.3 Å². The molecule has 1 aromatic carbocycles. The largest absolute Gasteiger partial charge is 0.502 e. The van der Waals surface area contributed by atoms with Crippen LogP contribution in [0.25, 0.3) is 0 Å². The van der Waals surface area contributed by atoms with Crippen molar-refractivity contribution >= 4 is 11.5 Å². The van der Waals surface area contributed by atoms with Crippen molar-refractivity contribution < 1.29 is 14.8 Å². The van der Waals surface area contributed by atoms with Gasteiger partial charge in [0.05, 0.1) is 10.5 Å². The first-order valence-electron chi connectivity index (χ1n) is 5.40. The van der Waals surface area contributed by atoms with E-state index in [4.69, 9.17) is 0 Å². The number of benzene rings is 1. The van der Waals surface area contributed by atoms with Crippen LogP contribution in [0.2, 0.25) is 0 Å². The summed E-state index contributed by atoms with van der Waals surface area (Å²) in [4.78, 5) is 22.0. The van der Waals surface area contributed by atoms with Gasteiger partial charge in [-0.2, -0.15) is 0 Å². The van der Waals surface area contributed by atoms with Gasteiger partial charge < -0.3 is 5.11 Å². The second-order valence-corrected chi connectivity index (χ2v) is 4.11. The molecule has 1 rings (SSSR count). The van der Waals surface area contributed by atoms with Crippen LogP contribution < -0.4 is 0 Å². The molecule has 5 nitrogen and oxygen atoms in total. The average Bonchev–Trinajstić information content (AvgIpc) is 2.29. The summed E-state index contributed by atoms with van der Waals surface area (Å²) in [6.45, 7) is 5.24. The number of ketones is 1. The first-order valence-corrected chi connectivity index (χ1v) is 5.40. The van der Waals surface area contributed by atoms with E-state index in [1.807, 2.05) is 6.92 Å². The van der Waals surface area contributed by atoms with Gasteiger partial charge in [-0.05, 0) is 25.0 Å². The molecule has 1 aromatic rings. The molecule has 0 spiro atoms. The van der Waals surface area contributed by atoms with Crippen LogP contribution in [0, 0.1) is 23.0 Å². The number of hydrogen-bond donors (Lipinski definition) is 1. The maximum absolute atomic E-state index is 11.9. The molecule has 0 aliphatic rings. The highest BCUT2D eigenvalue weighted by Crippen LogP contribution is 2.32. The second-order valence-electron chi connectivity index (χ2n) is 4.11. The van der Waals surface area contributed by atoms with Gasteiger partial charge in [-0.1, -0.05) is 13.8 Å². The zero-order valence-corrected chi connectivity index (χ0v) is 10.1. The fourth-order valence-electron chi connectivity index (χ4n) is 1.54. The van der Waals surface area contributed by atoms with Crippen molar-refractivity contribution in [3.63, 3.8) is 0 Å². The normalized spacial score (nSPS) is 12.2. The van der Waals surface area contributed by atoms with Gasteiger partial charge in [0.2, 0.25) is 5.75 Å². The van der Waals surface area contributed by atoms with Gasteiger partial charge in [-0.25, -0.2) is 0 Å². The van der Waals surface area contributed by atoms with Crippen molar-refractivity contribution in [3.05, 3.63) is 33.4 Å². The summed E-state index contributed by atoms with van der Waals surface area (Å²) in [5.41, 5.74) is 0.198. The molecular formula is C12H15NO4. The third-order valence-electron chi connectivity index (χ3n) is 2.76. The SMILES string of the molecule is CCC(C)C(=O)c1cc(C)cc([N+](=O)[O-])c1O. The Morgan fingerprint density at radius 2 is 2.12 bits per heavy atom. The number of aromatic hydroxyl groups is 1. The van der Waals surface area contributed by atoms with Crippen molar-refractivity contribution in [1.29, 1.82) is 0 Å². The summed E-state index contributed by atoms with van der Waals surface area (Å²) in [5, 5.41) is 20.5. The molecule has 0 saturated heterocycles. The maximum atomic E-state index is 11.9. The molecule has 0 radical (unpaired) electrons. The first-order chi connectivity index (χ1) is 7.88. The average molecular weight is 237 g/mol. The number of nitrogens with zero attached hydrogens (tertiary/aromatic N) is 1.